The molecule has 1 aliphatic heterocycles. The third kappa shape index (κ3) is 3.42. The molecule has 0 saturated carbocycles. The molecular weight excluding hydrogens is 372 g/mol. The molecule has 3 heterocycles. The molecule has 2 N–H and O–H groups in total. The summed E-state index contributed by atoms with van der Waals surface area (Å²) in [6.07, 6.45) is 2.86. The minimum Gasteiger partial charge on any atom is -0.307 e. The number of urea groups is 1. The zero-order valence-corrected chi connectivity index (χ0v) is 17.2. The number of fused-ring (bicyclic) bond motifs is 2. The van der Waals surface area contributed by atoms with E-state index >= 15 is 0 Å². The fourth-order valence-corrected chi connectivity index (χ4v) is 4.72. The Hall–Kier alpha value is -2.67. The highest BCUT2D eigenvalue weighted by atomic mass is 32.1. The molecule has 1 aromatic carbocycles. The predicted octanol–water partition coefficient (Wildman–Crippen LogP) is 4.69. The van der Waals surface area contributed by atoms with E-state index in [0.717, 1.165) is 41.9 Å². The van der Waals surface area contributed by atoms with Gasteiger partial charge in [0.25, 0.3) is 5.56 Å². The maximum Gasteiger partial charge on any atom is 0.324 e. The second-order valence-corrected chi connectivity index (χ2v) is 8.55. The molecule has 0 saturated heterocycles. The van der Waals surface area contributed by atoms with E-state index in [1.165, 1.54) is 11.3 Å². The van der Waals surface area contributed by atoms with Gasteiger partial charge in [-0.15, -0.1) is 0 Å². The van der Waals surface area contributed by atoms with E-state index in [9.17, 15) is 9.59 Å². The first-order chi connectivity index (χ1) is 13.4. The second kappa shape index (κ2) is 7.39. The van der Waals surface area contributed by atoms with Crippen LogP contribution in [-0.4, -0.2) is 15.6 Å². The molecule has 3 aromatic rings. The van der Waals surface area contributed by atoms with Gasteiger partial charge in [0, 0.05) is 18.7 Å². The molecule has 4 rings (SSSR count). The Bertz CT molecular complexity index is 1120. The van der Waals surface area contributed by atoms with Crippen molar-refractivity contribution in [1.29, 1.82) is 0 Å². The number of nitrogens with one attached hydrogen (secondary N) is 2. The van der Waals surface area contributed by atoms with Gasteiger partial charge in [0.1, 0.15) is 15.7 Å². The molecule has 146 valence electrons. The van der Waals surface area contributed by atoms with Gasteiger partial charge >= 0.3 is 6.03 Å². The zero-order chi connectivity index (χ0) is 19.8. The Morgan fingerprint density at radius 2 is 2.00 bits per heavy atom. The lowest BCUT2D eigenvalue weighted by Crippen LogP contribution is -2.24. The molecule has 0 radical (unpaired) electrons. The van der Waals surface area contributed by atoms with Gasteiger partial charge in [-0.1, -0.05) is 36.5 Å². The van der Waals surface area contributed by atoms with E-state index in [4.69, 9.17) is 4.98 Å². The van der Waals surface area contributed by atoms with Crippen molar-refractivity contribution in [2.75, 3.05) is 10.6 Å². The van der Waals surface area contributed by atoms with Gasteiger partial charge < -0.3 is 5.32 Å². The number of hydrogen-bond acceptors (Lipinski definition) is 4. The summed E-state index contributed by atoms with van der Waals surface area (Å²) >= 11 is 1.37. The molecule has 2 amide bonds. The Kier molecular flexibility index (Phi) is 4.93. The third-order valence-corrected chi connectivity index (χ3v) is 6.56. The van der Waals surface area contributed by atoms with Crippen LogP contribution in [0.5, 0.6) is 0 Å². The summed E-state index contributed by atoms with van der Waals surface area (Å²) in [4.78, 5) is 31.0. The van der Waals surface area contributed by atoms with E-state index in [1.54, 1.807) is 0 Å². The smallest absolute Gasteiger partial charge is 0.307 e. The van der Waals surface area contributed by atoms with Gasteiger partial charge in [-0.3, -0.25) is 14.7 Å². The topological polar surface area (TPSA) is 76.0 Å². The van der Waals surface area contributed by atoms with Gasteiger partial charge in [0.05, 0.1) is 5.39 Å². The number of anilines is 2. The summed E-state index contributed by atoms with van der Waals surface area (Å²) in [5, 5.41) is 7.05. The summed E-state index contributed by atoms with van der Waals surface area (Å²) in [5.41, 5.74) is 2.54. The summed E-state index contributed by atoms with van der Waals surface area (Å²) in [5.74, 6) is 1.46. The minimum absolute atomic E-state index is 0.00946. The van der Waals surface area contributed by atoms with Crippen LogP contribution < -0.4 is 16.2 Å². The lowest BCUT2D eigenvalue weighted by molar-refractivity contribution is 0.262. The van der Waals surface area contributed by atoms with Gasteiger partial charge in [0.2, 0.25) is 0 Å². The summed E-state index contributed by atoms with van der Waals surface area (Å²) in [6.45, 7) is 6.75. The highest BCUT2D eigenvalue weighted by Gasteiger charge is 2.21. The van der Waals surface area contributed by atoms with E-state index in [0.29, 0.717) is 27.7 Å². The number of nitrogens with zero attached hydrogens (tertiary/aromatic N) is 2. The number of carbonyl (C=O) groups is 1. The van der Waals surface area contributed by atoms with Gasteiger partial charge in [0.15, 0.2) is 0 Å². The number of amides is 2. The van der Waals surface area contributed by atoms with Crippen LogP contribution in [-0.2, 0) is 13.0 Å². The molecule has 1 aliphatic rings. The first-order valence-corrected chi connectivity index (χ1v) is 10.4. The highest BCUT2D eigenvalue weighted by Crippen LogP contribution is 2.33. The Morgan fingerprint density at radius 3 is 2.79 bits per heavy atom. The fourth-order valence-electron chi connectivity index (χ4n) is 3.64. The molecule has 7 heteroatoms. The number of aryl methyl sites for hydroxylation is 3. The van der Waals surface area contributed by atoms with Gasteiger partial charge in [-0.2, -0.15) is 0 Å². The standard InChI is InChI=1S/C21H24N4O2S/c1-12-8-9-16-23-19-17(20(26)25(16)11-10-12)14(3)18(28-19)24-21(27)22-15-7-5-4-6-13(15)2/h4-7,12H,8-11H2,1-3H3,(H2,22,24,27). The normalized spacial score (nSPS) is 16.5. The third-order valence-electron chi connectivity index (χ3n) is 5.46. The maximum atomic E-state index is 13.1. The second-order valence-electron chi connectivity index (χ2n) is 7.55. The van der Waals surface area contributed by atoms with Crippen molar-refractivity contribution < 1.29 is 4.79 Å². The SMILES string of the molecule is Cc1ccccc1NC(=O)Nc1sc2nc3n(c(=O)c2c1C)CCC(C)CC3. The Balaban J connectivity index is 1.65. The first-order valence-electron chi connectivity index (χ1n) is 9.60. The molecule has 0 spiro atoms. The van der Waals surface area contributed by atoms with Crippen molar-refractivity contribution >= 4 is 38.3 Å². The van der Waals surface area contributed by atoms with Crippen molar-refractivity contribution in [1.82, 2.24) is 9.55 Å². The molecule has 2 aromatic heterocycles. The monoisotopic (exact) mass is 396 g/mol. The molecule has 6 nitrogen and oxygen atoms in total. The molecule has 0 bridgehead atoms. The number of benzene rings is 1. The van der Waals surface area contributed by atoms with Crippen LogP contribution in [0.4, 0.5) is 15.5 Å². The molecule has 0 aliphatic carbocycles. The fraction of sp³-hybridized carbons (Fsp3) is 0.381. The van der Waals surface area contributed by atoms with Crippen molar-refractivity contribution in [3.05, 3.63) is 51.6 Å². The number of thiophene rings is 1. The average molecular weight is 397 g/mol. The predicted molar refractivity (Wildman–Crippen MR) is 115 cm³/mol. The number of aromatic nitrogens is 2. The minimum atomic E-state index is -0.320. The summed E-state index contributed by atoms with van der Waals surface area (Å²) in [7, 11) is 0. The number of hydrogen-bond donors (Lipinski definition) is 2. The van der Waals surface area contributed by atoms with Crippen molar-refractivity contribution in [2.24, 2.45) is 5.92 Å². The quantitative estimate of drug-likeness (QED) is 0.660. The van der Waals surface area contributed by atoms with Crippen LogP contribution in [0.25, 0.3) is 10.2 Å². The largest absolute Gasteiger partial charge is 0.324 e. The zero-order valence-electron chi connectivity index (χ0n) is 16.3. The lowest BCUT2D eigenvalue weighted by atomic mass is 10.0. The Labute approximate surface area is 167 Å². The van der Waals surface area contributed by atoms with E-state index < -0.39 is 0 Å². The first kappa shape index (κ1) is 18.7. The molecule has 0 fully saturated rings. The van der Waals surface area contributed by atoms with Gasteiger partial charge in [-0.05, 0) is 49.8 Å². The van der Waals surface area contributed by atoms with Crippen LogP contribution in [0, 0.1) is 19.8 Å². The van der Waals surface area contributed by atoms with E-state index in [1.807, 2.05) is 42.7 Å². The molecular formula is C21H24N4O2S. The molecule has 28 heavy (non-hydrogen) atoms. The lowest BCUT2D eigenvalue weighted by Gasteiger charge is -2.09. The van der Waals surface area contributed by atoms with Crippen molar-refractivity contribution in [2.45, 2.75) is 46.6 Å². The Morgan fingerprint density at radius 1 is 1.21 bits per heavy atom. The molecule has 1 atom stereocenters. The van der Waals surface area contributed by atoms with Crippen molar-refractivity contribution in [3.8, 4) is 0 Å². The summed E-state index contributed by atoms with van der Waals surface area (Å²) in [6, 6.07) is 7.29. The number of para-hydroxylation sites is 1. The number of rotatable bonds is 2. The molecule has 1 unspecified atom stereocenters. The van der Waals surface area contributed by atoms with E-state index in [2.05, 4.69) is 17.6 Å². The van der Waals surface area contributed by atoms with Gasteiger partial charge in [-0.25, -0.2) is 9.78 Å². The number of carbonyl (C=O) groups excluding carboxylic acids is 1. The van der Waals surface area contributed by atoms with Crippen LogP contribution in [0.3, 0.4) is 0 Å². The van der Waals surface area contributed by atoms with E-state index in [-0.39, 0.29) is 11.6 Å². The van der Waals surface area contributed by atoms with Crippen LogP contribution in [0.15, 0.2) is 29.1 Å². The highest BCUT2D eigenvalue weighted by molar-refractivity contribution is 7.22. The van der Waals surface area contributed by atoms with Crippen LogP contribution >= 0.6 is 11.3 Å². The summed E-state index contributed by atoms with van der Waals surface area (Å²) < 4.78 is 1.82. The van der Waals surface area contributed by atoms with Crippen LogP contribution in [0.1, 0.15) is 36.7 Å². The maximum absolute atomic E-state index is 13.1. The average Bonchev–Trinajstić information content (AvgIpc) is 2.83. The van der Waals surface area contributed by atoms with Crippen LogP contribution in [0.2, 0.25) is 0 Å². The van der Waals surface area contributed by atoms with Crippen molar-refractivity contribution in [3.63, 3.8) is 0 Å².